The minimum Gasteiger partial charge on any atom is -0.358 e. The Morgan fingerprint density at radius 2 is 2.31 bits per heavy atom. The molecule has 0 spiro atoms. The molecular formula is C14H15NO. The number of nitrogens with one attached hydrogen (secondary N) is 1. The maximum absolute atomic E-state index is 11.1. The summed E-state index contributed by atoms with van der Waals surface area (Å²) in [6.07, 6.45) is 4.29. The molecule has 2 heteroatoms. The fraction of sp³-hybridized carbons (Fsp3) is 0.357. The fourth-order valence-corrected chi connectivity index (χ4v) is 2.78. The van der Waals surface area contributed by atoms with Crippen LogP contribution >= 0.6 is 0 Å². The van der Waals surface area contributed by atoms with Crippen LogP contribution in [0.3, 0.4) is 0 Å². The van der Waals surface area contributed by atoms with Gasteiger partial charge in [0.2, 0.25) is 0 Å². The van der Waals surface area contributed by atoms with Crippen LogP contribution in [0.25, 0.3) is 10.9 Å². The molecule has 0 fully saturated rings. The maximum Gasteiger partial charge on any atom is 0.127 e. The molecule has 0 amide bonds. The largest absolute Gasteiger partial charge is 0.358 e. The van der Waals surface area contributed by atoms with Crippen LogP contribution in [0.15, 0.2) is 18.2 Å². The first-order valence-corrected chi connectivity index (χ1v) is 5.86. The van der Waals surface area contributed by atoms with E-state index >= 15 is 0 Å². The van der Waals surface area contributed by atoms with Crippen LogP contribution in [-0.2, 0) is 11.2 Å². The quantitative estimate of drug-likeness (QED) is 0.725. The number of aldehydes is 1. The summed E-state index contributed by atoms with van der Waals surface area (Å²) in [6.45, 7) is 2.09. The van der Waals surface area contributed by atoms with Crippen molar-refractivity contribution in [3.05, 3.63) is 35.0 Å². The highest BCUT2D eigenvalue weighted by Crippen LogP contribution is 2.36. The Morgan fingerprint density at radius 3 is 3.12 bits per heavy atom. The molecule has 2 nitrogen and oxygen atoms in total. The summed E-state index contributed by atoms with van der Waals surface area (Å²) in [7, 11) is 0. The zero-order valence-corrected chi connectivity index (χ0v) is 9.42. The highest BCUT2D eigenvalue weighted by molar-refractivity contribution is 5.89. The van der Waals surface area contributed by atoms with Crippen LogP contribution < -0.4 is 0 Å². The van der Waals surface area contributed by atoms with E-state index in [1.807, 2.05) is 0 Å². The molecule has 1 aliphatic rings. The van der Waals surface area contributed by atoms with Gasteiger partial charge < -0.3 is 9.78 Å². The van der Waals surface area contributed by atoms with Crippen LogP contribution in [0.4, 0.5) is 0 Å². The lowest BCUT2D eigenvalue weighted by Crippen LogP contribution is -2.09. The summed E-state index contributed by atoms with van der Waals surface area (Å²) < 4.78 is 0. The lowest BCUT2D eigenvalue weighted by Gasteiger charge is -2.17. The summed E-state index contributed by atoms with van der Waals surface area (Å²) in [5.41, 5.74) is 4.94. The Balaban J connectivity index is 2.31. The van der Waals surface area contributed by atoms with Gasteiger partial charge in [0.1, 0.15) is 6.29 Å². The first kappa shape index (κ1) is 9.64. The number of aromatic amines is 1. The van der Waals surface area contributed by atoms with Crippen molar-refractivity contribution in [2.75, 3.05) is 0 Å². The molecule has 0 saturated carbocycles. The Morgan fingerprint density at radius 1 is 1.44 bits per heavy atom. The van der Waals surface area contributed by atoms with Crippen molar-refractivity contribution >= 4 is 17.2 Å². The number of aromatic nitrogens is 1. The van der Waals surface area contributed by atoms with Gasteiger partial charge in [-0.3, -0.25) is 0 Å². The van der Waals surface area contributed by atoms with Crippen molar-refractivity contribution in [1.29, 1.82) is 0 Å². The first-order chi connectivity index (χ1) is 7.79. The topological polar surface area (TPSA) is 32.9 Å². The first-order valence-electron chi connectivity index (χ1n) is 5.86. The van der Waals surface area contributed by atoms with E-state index in [1.165, 1.54) is 27.7 Å². The molecule has 1 N–H and O–H groups in total. The molecule has 16 heavy (non-hydrogen) atoms. The second kappa shape index (κ2) is 3.48. The molecule has 1 aliphatic carbocycles. The number of carbonyl (C=O) groups excluding carboxylic acids is 1. The van der Waals surface area contributed by atoms with Gasteiger partial charge in [-0.2, -0.15) is 0 Å². The molecule has 1 aromatic heterocycles. The highest BCUT2D eigenvalue weighted by Gasteiger charge is 2.23. The van der Waals surface area contributed by atoms with E-state index < -0.39 is 0 Å². The van der Waals surface area contributed by atoms with Gasteiger partial charge in [-0.1, -0.05) is 11.6 Å². The fourth-order valence-electron chi connectivity index (χ4n) is 2.78. The minimum absolute atomic E-state index is 0.0966. The molecule has 1 aromatic carbocycles. The van der Waals surface area contributed by atoms with Crippen LogP contribution in [0.5, 0.6) is 0 Å². The molecule has 0 saturated heterocycles. The Labute approximate surface area is 94.7 Å². The molecule has 1 heterocycles. The zero-order valence-electron chi connectivity index (χ0n) is 9.42. The Kier molecular flexibility index (Phi) is 2.10. The van der Waals surface area contributed by atoms with E-state index in [0.717, 1.165) is 25.5 Å². The molecule has 0 radical (unpaired) electrons. The molecule has 3 rings (SSSR count). The normalized spacial score (nSPS) is 19.7. The second-order valence-corrected chi connectivity index (χ2v) is 4.70. The summed E-state index contributed by atoms with van der Waals surface area (Å²) in [6, 6.07) is 6.41. The molecule has 1 atom stereocenters. The lowest BCUT2D eigenvalue weighted by atomic mass is 9.86. The van der Waals surface area contributed by atoms with Gasteiger partial charge in [0, 0.05) is 22.5 Å². The van der Waals surface area contributed by atoms with Crippen LogP contribution in [0, 0.1) is 6.92 Å². The van der Waals surface area contributed by atoms with E-state index in [4.69, 9.17) is 0 Å². The van der Waals surface area contributed by atoms with Crippen molar-refractivity contribution in [2.45, 2.75) is 32.1 Å². The second-order valence-electron chi connectivity index (χ2n) is 4.70. The molecule has 1 unspecified atom stereocenters. The number of hydrogen-bond donors (Lipinski definition) is 1. The van der Waals surface area contributed by atoms with Gasteiger partial charge in [0.25, 0.3) is 0 Å². The van der Waals surface area contributed by atoms with Crippen LogP contribution in [0.2, 0.25) is 0 Å². The average Bonchev–Trinajstić information content (AvgIpc) is 2.66. The van der Waals surface area contributed by atoms with E-state index in [0.29, 0.717) is 0 Å². The van der Waals surface area contributed by atoms with Gasteiger partial charge in [0.05, 0.1) is 0 Å². The summed E-state index contributed by atoms with van der Waals surface area (Å²) in [5.74, 6) is 0.0966. The average molecular weight is 213 g/mol. The van der Waals surface area contributed by atoms with E-state index in [9.17, 15) is 4.79 Å². The third kappa shape index (κ3) is 1.29. The van der Waals surface area contributed by atoms with Crippen molar-refractivity contribution in [1.82, 2.24) is 4.98 Å². The van der Waals surface area contributed by atoms with Crippen molar-refractivity contribution in [3.8, 4) is 0 Å². The molecule has 0 aliphatic heterocycles. The van der Waals surface area contributed by atoms with Crippen LogP contribution in [-0.4, -0.2) is 11.3 Å². The summed E-state index contributed by atoms with van der Waals surface area (Å²) >= 11 is 0. The van der Waals surface area contributed by atoms with E-state index in [1.54, 1.807) is 0 Å². The smallest absolute Gasteiger partial charge is 0.127 e. The number of H-pyrrole nitrogens is 1. The van der Waals surface area contributed by atoms with Gasteiger partial charge in [-0.15, -0.1) is 0 Å². The van der Waals surface area contributed by atoms with Gasteiger partial charge in [-0.25, -0.2) is 0 Å². The van der Waals surface area contributed by atoms with Crippen molar-refractivity contribution in [3.63, 3.8) is 0 Å². The standard InChI is InChI=1S/C14H15NO/c1-9-5-6-12-11(7-9)14-10(8-16)3-2-4-13(14)15-12/h5-8,10,15H,2-4H2,1H3. The van der Waals surface area contributed by atoms with Crippen molar-refractivity contribution in [2.24, 2.45) is 0 Å². The third-order valence-corrected chi connectivity index (χ3v) is 3.55. The predicted octanol–water partition coefficient (Wildman–Crippen LogP) is 3.10. The number of fused-ring (bicyclic) bond motifs is 3. The highest BCUT2D eigenvalue weighted by atomic mass is 16.1. The third-order valence-electron chi connectivity index (χ3n) is 3.55. The minimum atomic E-state index is 0.0966. The van der Waals surface area contributed by atoms with E-state index in [2.05, 4.69) is 30.1 Å². The van der Waals surface area contributed by atoms with Crippen molar-refractivity contribution < 1.29 is 4.79 Å². The van der Waals surface area contributed by atoms with Gasteiger partial charge in [0.15, 0.2) is 0 Å². The maximum atomic E-state index is 11.1. The number of benzene rings is 1. The van der Waals surface area contributed by atoms with Gasteiger partial charge in [-0.05, 0) is 43.9 Å². The molecular weight excluding hydrogens is 198 g/mol. The molecule has 82 valence electrons. The van der Waals surface area contributed by atoms with Crippen LogP contribution in [0.1, 0.15) is 35.6 Å². The zero-order chi connectivity index (χ0) is 11.1. The predicted molar refractivity (Wildman–Crippen MR) is 64.8 cm³/mol. The Bertz CT molecular complexity index is 553. The van der Waals surface area contributed by atoms with Gasteiger partial charge >= 0.3 is 0 Å². The summed E-state index contributed by atoms with van der Waals surface area (Å²) in [4.78, 5) is 14.6. The summed E-state index contributed by atoms with van der Waals surface area (Å²) in [5, 5.41) is 1.24. The molecule has 0 bridgehead atoms. The number of carbonyl (C=O) groups is 1. The Hall–Kier alpha value is -1.57. The number of rotatable bonds is 1. The monoisotopic (exact) mass is 213 g/mol. The number of aryl methyl sites for hydroxylation is 2. The number of hydrogen-bond acceptors (Lipinski definition) is 1. The lowest BCUT2D eigenvalue weighted by molar-refractivity contribution is -0.109. The van der Waals surface area contributed by atoms with E-state index in [-0.39, 0.29) is 5.92 Å². The molecule has 2 aromatic rings. The SMILES string of the molecule is Cc1ccc2[nH]c3c(c2c1)C(C=O)CCC3.